The minimum Gasteiger partial charge on any atom is -0.444 e. The number of halogens is 6. The second kappa shape index (κ2) is 9.82. The second-order valence-corrected chi connectivity index (χ2v) is 8.95. The number of piperazine rings is 1. The van der Waals surface area contributed by atoms with Gasteiger partial charge in [0.25, 0.3) is 0 Å². The molecule has 0 spiro atoms. The topological polar surface area (TPSA) is 80.6 Å². The summed E-state index contributed by atoms with van der Waals surface area (Å²) in [6, 6.07) is 1.06. The summed E-state index contributed by atoms with van der Waals surface area (Å²) in [7, 11) is 0. The van der Waals surface area contributed by atoms with Gasteiger partial charge in [0.05, 0.1) is 11.1 Å². The lowest BCUT2D eigenvalue weighted by Crippen LogP contribution is -2.51. The van der Waals surface area contributed by atoms with Crippen molar-refractivity contribution >= 4 is 18.2 Å². The Morgan fingerprint density at radius 3 is 1.92 bits per heavy atom. The van der Waals surface area contributed by atoms with Crippen LogP contribution < -0.4 is 0 Å². The average molecular weight is 519 g/mol. The normalized spacial score (nSPS) is 15.5. The van der Waals surface area contributed by atoms with E-state index in [-0.39, 0.29) is 38.1 Å². The highest BCUT2D eigenvalue weighted by Crippen LogP contribution is 2.38. The van der Waals surface area contributed by atoms with Crippen molar-refractivity contribution in [2.75, 3.05) is 26.2 Å². The summed E-state index contributed by atoms with van der Waals surface area (Å²) in [6.07, 6.45) is -7.13. The molecule has 1 saturated heterocycles. The Kier molecular flexibility index (Phi) is 7.37. The molecule has 0 atom stereocenters. The zero-order valence-corrected chi connectivity index (χ0v) is 19.5. The molecule has 0 radical (unpaired) electrons. The van der Waals surface area contributed by atoms with Gasteiger partial charge >= 0.3 is 18.4 Å². The summed E-state index contributed by atoms with van der Waals surface area (Å²) in [6.45, 7) is 6.25. The van der Waals surface area contributed by atoms with E-state index >= 15 is 0 Å². The number of hydrogen-bond acceptors (Lipinski definition) is 5. The predicted molar refractivity (Wildman–Crippen MR) is 115 cm³/mol. The number of aromatic nitrogens is 3. The van der Waals surface area contributed by atoms with E-state index < -0.39 is 46.6 Å². The number of amides is 2. The maximum absolute atomic E-state index is 13.1. The van der Waals surface area contributed by atoms with Crippen LogP contribution in [-0.4, -0.2) is 68.3 Å². The van der Waals surface area contributed by atoms with E-state index in [2.05, 4.69) is 10.1 Å². The molecule has 3 rings (SSSR count). The van der Waals surface area contributed by atoms with E-state index in [4.69, 9.17) is 4.74 Å². The summed E-state index contributed by atoms with van der Waals surface area (Å²) in [4.78, 5) is 31.3. The minimum atomic E-state index is -5.00. The second-order valence-electron chi connectivity index (χ2n) is 8.95. The highest BCUT2D eigenvalue weighted by Gasteiger charge is 2.37. The van der Waals surface area contributed by atoms with Crippen molar-refractivity contribution in [2.45, 2.75) is 38.7 Å². The van der Waals surface area contributed by atoms with Gasteiger partial charge < -0.3 is 14.5 Å². The van der Waals surface area contributed by atoms with E-state index in [9.17, 15) is 35.9 Å². The fourth-order valence-electron chi connectivity index (χ4n) is 3.24. The zero-order valence-electron chi connectivity index (χ0n) is 19.5. The summed E-state index contributed by atoms with van der Waals surface area (Å²) in [5.41, 5.74) is -4.10. The van der Waals surface area contributed by atoms with Gasteiger partial charge in [0.15, 0.2) is 5.82 Å². The van der Waals surface area contributed by atoms with E-state index in [1.54, 1.807) is 20.8 Å². The molecule has 1 aromatic heterocycles. The summed E-state index contributed by atoms with van der Waals surface area (Å²) < 4.78 is 84.8. The van der Waals surface area contributed by atoms with Crippen molar-refractivity contribution in [1.82, 2.24) is 24.6 Å². The third kappa shape index (κ3) is 6.98. The van der Waals surface area contributed by atoms with Gasteiger partial charge in [-0.05, 0) is 39.0 Å². The number of benzene rings is 1. The Morgan fingerprint density at radius 2 is 1.42 bits per heavy atom. The van der Waals surface area contributed by atoms with E-state index in [1.165, 1.54) is 16.0 Å². The highest BCUT2D eigenvalue weighted by molar-refractivity contribution is 5.90. The van der Waals surface area contributed by atoms with Crippen molar-refractivity contribution in [1.29, 1.82) is 0 Å². The van der Waals surface area contributed by atoms with Crippen LogP contribution in [0.5, 0.6) is 0 Å². The third-order valence-electron chi connectivity index (χ3n) is 4.97. The van der Waals surface area contributed by atoms with Crippen LogP contribution in [0.4, 0.5) is 31.1 Å². The molecular weight excluding hydrogens is 496 g/mol. The van der Waals surface area contributed by atoms with Crippen LogP contribution >= 0.6 is 0 Å². The van der Waals surface area contributed by atoms with Gasteiger partial charge in [-0.3, -0.25) is 4.79 Å². The Morgan fingerprint density at radius 1 is 0.889 bits per heavy atom. The van der Waals surface area contributed by atoms with E-state index in [0.717, 1.165) is 17.1 Å². The standard InChI is InChI=1S/C22H23F6N5O3/c1-20(2,3)36-19(35)32-8-6-31(7-9-32)17(34)4-5-33-13-29-18(30-33)14-10-15(21(23,24)25)12-16(11-14)22(26,27)28/h4-5,10-13H,6-9H2,1-3H3/b5-4-. The Labute approximate surface area is 202 Å². The van der Waals surface area contributed by atoms with Gasteiger partial charge in [0.2, 0.25) is 5.91 Å². The van der Waals surface area contributed by atoms with E-state index in [1.807, 2.05) is 0 Å². The van der Waals surface area contributed by atoms with Gasteiger partial charge in [-0.15, -0.1) is 5.10 Å². The monoisotopic (exact) mass is 519 g/mol. The molecule has 2 heterocycles. The molecule has 0 unspecified atom stereocenters. The maximum atomic E-state index is 13.1. The maximum Gasteiger partial charge on any atom is 0.416 e. The van der Waals surface area contributed by atoms with Crippen LogP contribution in [0.25, 0.3) is 17.6 Å². The number of rotatable bonds is 3. The van der Waals surface area contributed by atoms with Crippen molar-refractivity contribution < 1.29 is 40.7 Å². The number of alkyl halides is 6. The molecule has 14 heteroatoms. The molecule has 2 amide bonds. The lowest BCUT2D eigenvalue weighted by atomic mass is 10.0. The average Bonchev–Trinajstić information content (AvgIpc) is 3.24. The summed E-state index contributed by atoms with van der Waals surface area (Å²) in [5, 5.41) is 3.86. The smallest absolute Gasteiger partial charge is 0.416 e. The molecule has 196 valence electrons. The zero-order chi connectivity index (χ0) is 26.9. The fourth-order valence-corrected chi connectivity index (χ4v) is 3.24. The summed E-state index contributed by atoms with van der Waals surface area (Å²) >= 11 is 0. The van der Waals surface area contributed by atoms with Gasteiger partial charge in [-0.25, -0.2) is 14.5 Å². The van der Waals surface area contributed by atoms with Crippen LogP contribution in [0.3, 0.4) is 0 Å². The molecule has 0 bridgehead atoms. The number of carbonyl (C=O) groups excluding carboxylic acids is 2. The molecule has 36 heavy (non-hydrogen) atoms. The first-order valence-corrected chi connectivity index (χ1v) is 10.7. The van der Waals surface area contributed by atoms with Crippen LogP contribution in [-0.2, 0) is 21.9 Å². The Bertz CT molecular complexity index is 1110. The molecule has 8 nitrogen and oxygen atoms in total. The van der Waals surface area contributed by atoms with Gasteiger partial charge in [-0.2, -0.15) is 26.3 Å². The van der Waals surface area contributed by atoms with Gasteiger partial charge in [0, 0.05) is 44.0 Å². The molecular formula is C22H23F6N5O3. The van der Waals surface area contributed by atoms with Crippen molar-refractivity contribution in [2.24, 2.45) is 0 Å². The third-order valence-corrected chi connectivity index (χ3v) is 4.97. The quantitative estimate of drug-likeness (QED) is 0.440. The molecule has 1 fully saturated rings. The molecule has 0 N–H and O–H groups in total. The van der Waals surface area contributed by atoms with Crippen LogP contribution in [0, 0.1) is 0 Å². The van der Waals surface area contributed by atoms with Crippen molar-refractivity contribution in [3.8, 4) is 11.4 Å². The molecule has 2 aromatic rings. The Balaban J connectivity index is 1.68. The van der Waals surface area contributed by atoms with E-state index in [0.29, 0.717) is 12.1 Å². The van der Waals surface area contributed by atoms with Crippen LogP contribution in [0.15, 0.2) is 30.6 Å². The predicted octanol–water partition coefficient (Wildman–Crippen LogP) is 4.53. The fraction of sp³-hybridized carbons (Fsp3) is 0.455. The SMILES string of the molecule is CC(C)(C)OC(=O)N1CCN(C(=O)/C=C\n2cnc(-c3cc(C(F)(F)F)cc(C(F)(F)F)c3)n2)CC1. The number of carbonyl (C=O) groups is 2. The molecule has 1 aromatic carbocycles. The Hall–Kier alpha value is -3.58. The van der Waals surface area contributed by atoms with Gasteiger partial charge in [-0.1, -0.05) is 0 Å². The lowest BCUT2D eigenvalue weighted by molar-refractivity contribution is -0.143. The largest absolute Gasteiger partial charge is 0.444 e. The first-order valence-electron chi connectivity index (χ1n) is 10.7. The molecule has 1 aliphatic rings. The van der Waals surface area contributed by atoms with Crippen LogP contribution in [0.1, 0.15) is 31.9 Å². The molecule has 0 aliphatic carbocycles. The highest BCUT2D eigenvalue weighted by atomic mass is 19.4. The minimum absolute atomic E-state index is 0.0155. The van der Waals surface area contributed by atoms with Crippen molar-refractivity contribution in [3.63, 3.8) is 0 Å². The lowest BCUT2D eigenvalue weighted by Gasteiger charge is -2.35. The van der Waals surface area contributed by atoms with Crippen molar-refractivity contribution in [3.05, 3.63) is 41.7 Å². The molecule has 1 aliphatic heterocycles. The number of nitrogens with zero attached hydrogens (tertiary/aromatic N) is 5. The first kappa shape index (κ1) is 27.0. The number of ether oxygens (including phenoxy) is 1. The van der Waals surface area contributed by atoms with Gasteiger partial charge in [0.1, 0.15) is 11.9 Å². The number of hydrogen-bond donors (Lipinski definition) is 0. The summed E-state index contributed by atoms with van der Waals surface area (Å²) in [5.74, 6) is -0.802. The first-order chi connectivity index (χ1) is 16.5. The molecule has 0 saturated carbocycles. The van der Waals surface area contributed by atoms with Crippen LogP contribution in [0.2, 0.25) is 0 Å².